The molecule has 1 amide bonds. The molecular formula is C25H26FN5O4S. The largest absolute Gasteiger partial charge is 0.463 e. The van der Waals surface area contributed by atoms with Gasteiger partial charge < -0.3 is 20.1 Å². The molecule has 0 aliphatic carbocycles. The molecule has 3 fully saturated rings. The normalized spacial score (nSPS) is 29.1. The van der Waals surface area contributed by atoms with Crippen LogP contribution in [0.2, 0.25) is 0 Å². The van der Waals surface area contributed by atoms with Crippen molar-refractivity contribution in [2.45, 2.75) is 37.5 Å². The molecular weight excluding hydrogens is 485 g/mol. The number of piperidine rings is 1. The molecule has 2 N–H and O–H groups in total. The maximum atomic E-state index is 14.6. The lowest BCUT2D eigenvalue weighted by atomic mass is 9.87. The Bertz CT molecular complexity index is 1310. The number of hydrogen-bond acceptors (Lipinski definition) is 9. The topological polar surface area (TPSA) is 108 Å². The Morgan fingerprint density at radius 3 is 3.06 bits per heavy atom. The summed E-state index contributed by atoms with van der Waals surface area (Å²) in [5.74, 6) is -0.381. The van der Waals surface area contributed by atoms with Crippen LogP contribution in [0.5, 0.6) is 0 Å². The van der Waals surface area contributed by atoms with Crippen LogP contribution in [0.25, 0.3) is 0 Å². The average molecular weight is 512 g/mol. The summed E-state index contributed by atoms with van der Waals surface area (Å²) in [5, 5.41) is 8.78. The average Bonchev–Trinajstić information content (AvgIpc) is 3.12. The van der Waals surface area contributed by atoms with Crippen LogP contribution in [0.1, 0.15) is 35.5 Å². The number of aliphatic imine (C=N–C) groups is 1. The molecule has 4 aliphatic heterocycles. The number of hydrogen-bond donors (Lipinski definition) is 2. The van der Waals surface area contributed by atoms with E-state index >= 15 is 0 Å². The second-order valence-electron chi connectivity index (χ2n) is 9.48. The molecule has 0 radical (unpaired) electrons. The smallest absolute Gasteiger partial charge is 0.338 e. The number of nitrogens with zero attached hydrogens (tertiary/aromatic N) is 3. The van der Waals surface area contributed by atoms with E-state index in [-0.39, 0.29) is 18.3 Å². The van der Waals surface area contributed by atoms with E-state index in [1.54, 1.807) is 32.2 Å². The number of carbonyl (C=O) groups is 2. The molecule has 0 bridgehead atoms. The molecule has 0 unspecified atom stereocenters. The highest BCUT2D eigenvalue weighted by molar-refractivity contribution is 7.11. The van der Waals surface area contributed by atoms with Gasteiger partial charge in [0.25, 0.3) is 5.91 Å². The fourth-order valence-corrected chi connectivity index (χ4v) is 6.18. The van der Waals surface area contributed by atoms with Crippen LogP contribution in [0, 0.1) is 12.7 Å². The third-order valence-corrected chi connectivity index (χ3v) is 8.25. The van der Waals surface area contributed by atoms with Gasteiger partial charge in [-0.1, -0.05) is 12.1 Å². The number of epoxide rings is 1. The molecule has 188 valence electrons. The Balaban J connectivity index is 1.40. The van der Waals surface area contributed by atoms with Crippen molar-refractivity contribution >= 4 is 29.0 Å². The van der Waals surface area contributed by atoms with Gasteiger partial charge in [-0.25, -0.2) is 14.2 Å². The first-order valence-electron chi connectivity index (χ1n) is 12.0. The Hall–Kier alpha value is -3.15. The Labute approximate surface area is 211 Å². The number of rotatable bonds is 6. The molecule has 11 heteroatoms. The van der Waals surface area contributed by atoms with Crippen molar-refractivity contribution < 1.29 is 23.5 Å². The van der Waals surface area contributed by atoms with E-state index in [2.05, 4.69) is 20.5 Å². The van der Waals surface area contributed by atoms with Gasteiger partial charge in [0.2, 0.25) is 0 Å². The number of likely N-dealkylation sites (tertiary alicyclic amines) is 1. The summed E-state index contributed by atoms with van der Waals surface area (Å²) in [6, 6.07) is 4.05. The van der Waals surface area contributed by atoms with Gasteiger partial charge >= 0.3 is 5.97 Å². The van der Waals surface area contributed by atoms with E-state index in [4.69, 9.17) is 14.5 Å². The highest BCUT2D eigenvalue weighted by atomic mass is 32.1. The number of thiazole rings is 1. The lowest BCUT2D eigenvalue weighted by molar-refractivity contribution is -0.139. The Kier molecular flexibility index (Phi) is 5.47. The van der Waals surface area contributed by atoms with Gasteiger partial charge in [-0.05, 0) is 31.0 Å². The molecule has 6 rings (SSSR count). The molecule has 9 nitrogen and oxygen atoms in total. The summed E-state index contributed by atoms with van der Waals surface area (Å²) in [7, 11) is 0. The summed E-state index contributed by atoms with van der Waals surface area (Å²) in [4.78, 5) is 37.1. The van der Waals surface area contributed by atoms with Crippen molar-refractivity contribution in [1.82, 2.24) is 20.5 Å². The van der Waals surface area contributed by atoms with Crippen LogP contribution < -0.4 is 10.6 Å². The number of nitrogens with one attached hydrogen (secondary N) is 2. The molecule has 5 heterocycles. The minimum absolute atomic E-state index is 0.0378. The molecule has 3 atom stereocenters. The predicted octanol–water partition coefficient (Wildman–Crippen LogP) is 1.84. The summed E-state index contributed by atoms with van der Waals surface area (Å²) < 4.78 is 26.0. The fourth-order valence-electron chi connectivity index (χ4n) is 5.59. The lowest BCUT2D eigenvalue weighted by Crippen LogP contribution is -2.49. The van der Waals surface area contributed by atoms with Gasteiger partial charge in [0.05, 0.1) is 18.7 Å². The molecule has 1 aromatic carbocycles. The Morgan fingerprint density at radius 1 is 1.42 bits per heavy atom. The van der Waals surface area contributed by atoms with Crippen molar-refractivity contribution in [2.75, 3.05) is 32.8 Å². The van der Waals surface area contributed by atoms with Crippen molar-refractivity contribution in [3.63, 3.8) is 0 Å². The molecule has 0 spiro atoms. The number of halogens is 1. The SMILES string of the molecule is CCOC(=O)C1=C(CN2CC[C@]34O[C@]3(CNC4=O)C2)NC(c2nccs2)=N[C@H]1c1cccc(F)c1C. The van der Waals surface area contributed by atoms with E-state index in [1.807, 2.05) is 5.38 Å². The van der Waals surface area contributed by atoms with Gasteiger partial charge in [-0.15, -0.1) is 11.3 Å². The van der Waals surface area contributed by atoms with Crippen LogP contribution in [0.3, 0.4) is 0 Å². The summed E-state index contributed by atoms with van der Waals surface area (Å²) >= 11 is 1.42. The lowest BCUT2D eigenvalue weighted by Gasteiger charge is -2.33. The van der Waals surface area contributed by atoms with Crippen LogP contribution in [-0.4, -0.2) is 71.6 Å². The zero-order valence-electron chi connectivity index (χ0n) is 20.0. The van der Waals surface area contributed by atoms with Gasteiger partial charge in [-0.3, -0.25) is 14.7 Å². The molecule has 3 saturated heterocycles. The first-order valence-corrected chi connectivity index (χ1v) is 12.9. The Morgan fingerprint density at radius 2 is 2.28 bits per heavy atom. The van der Waals surface area contributed by atoms with Gasteiger partial charge in [0.15, 0.2) is 16.4 Å². The zero-order valence-corrected chi connectivity index (χ0v) is 20.8. The predicted molar refractivity (Wildman–Crippen MR) is 130 cm³/mol. The molecule has 0 saturated carbocycles. The first-order chi connectivity index (χ1) is 17.4. The maximum Gasteiger partial charge on any atom is 0.338 e. The van der Waals surface area contributed by atoms with Crippen LogP contribution in [0.15, 0.2) is 46.0 Å². The quantitative estimate of drug-likeness (QED) is 0.450. The van der Waals surface area contributed by atoms with E-state index < -0.39 is 23.2 Å². The highest BCUT2D eigenvalue weighted by Crippen LogP contribution is 2.56. The maximum absolute atomic E-state index is 14.6. The molecule has 2 aromatic rings. The number of amidine groups is 1. The minimum atomic E-state index is -0.760. The standard InChI is InChI=1S/C25H26FN5O4S/c1-3-34-22(32)18-17(11-31-9-7-25-23(33)28-12-24(25,13-31)35-25)29-20(21-27-8-10-36-21)30-19(18)15-5-4-6-16(26)14(15)2/h4-6,8,10,19H,3,7,9,11-13H2,1-2H3,(H,28,33)(H,29,30)/t19-,24+,25+/m0/s1. The van der Waals surface area contributed by atoms with E-state index in [9.17, 15) is 14.0 Å². The highest BCUT2D eigenvalue weighted by Gasteiger charge is 2.79. The van der Waals surface area contributed by atoms with E-state index in [1.165, 1.54) is 17.4 Å². The molecule has 1 aromatic heterocycles. The zero-order chi connectivity index (χ0) is 25.1. The third-order valence-electron chi connectivity index (χ3n) is 7.47. The summed E-state index contributed by atoms with van der Waals surface area (Å²) in [6.45, 7) is 5.69. The van der Waals surface area contributed by atoms with Gasteiger partial charge in [0, 0.05) is 43.3 Å². The number of amides is 1. The minimum Gasteiger partial charge on any atom is -0.463 e. The van der Waals surface area contributed by atoms with E-state index in [0.717, 1.165) is 0 Å². The summed E-state index contributed by atoms with van der Waals surface area (Å²) in [6.07, 6.45) is 2.27. The fraction of sp³-hybridized carbons (Fsp3) is 0.440. The van der Waals surface area contributed by atoms with Crippen molar-refractivity contribution in [3.8, 4) is 0 Å². The number of esters is 1. The van der Waals surface area contributed by atoms with Crippen LogP contribution >= 0.6 is 11.3 Å². The monoisotopic (exact) mass is 511 g/mol. The number of ether oxygens (including phenoxy) is 2. The number of benzene rings is 1. The van der Waals surface area contributed by atoms with Crippen molar-refractivity contribution in [2.24, 2.45) is 4.99 Å². The van der Waals surface area contributed by atoms with Crippen molar-refractivity contribution in [1.29, 1.82) is 0 Å². The van der Waals surface area contributed by atoms with Gasteiger partial charge in [-0.2, -0.15) is 0 Å². The number of morpholine rings is 1. The first kappa shape index (κ1) is 23.3. The summed E-state index contributed by atoms with van der Waals surface area (Å²) in [5.41, 5.74) is 0.764. The number of aromatic nitrogens is 1. The van der Waals surface area contributed by atoms with Crippen molar-refractivity contribution in [3.05, 3.63) is 63.0 Å². The van der Waals surface area contributed by atoms with E-state index in [0.29, 0.717) is 65.8 Å². The second kappa shape index (κ2) is 8.46. The van der Waals surface area contributed by atoms with Gasteiger partial charge in [0.1, 0.15) is 17.5 Å². The van der Waals surface area contributed by atoms with Crippen LogP contribution in [-0.2, 0) is 19.1 Å². The molecule has 36 heavy (non-hydrogen) atoms. The van der Waals surface area contributed by atoms with Crippen LogP contribution in [0.4, 0.5) is 4.39 Å². The number of carbonyl (C=O) groups excluding carboxylic acids is 2. The second-order valence-corrected chi connectivity index (χ2v) is 10.4. The molecule has 4 aliphatic rings. The third kappa shape index (κ3) is 3.48.